The van der Waals surface area contributed by atoms with Crippen LogP contribution in [0.3, 0.4) is 0 Å². The first-order valence-electron chi connectivity index (χ1n) is 8.51. The molecule has 2 heterocycles. The maximum absolute atomic E-state index is 12.3. The second kappa shape index (κ2) is 8.77. The van der Waals surface area contributed by atoms with Crippen LogP contribution in [0.4, 0.5) is 19.0 Å². The Morgan fingerprint density at radius 1 is 1.21 bits per heavy atom. The molecule has 1 unspecified atom stereocenters. The summed E-state index contributed by atoms with van der Waals surface area (Å²) in [5.74, 6) is -0.694. The molecule has 0 spiro atoms. The number of carbonyl (C=O) groups excluding carboxylic acids is 2. The summed E-state index contributed by atoms with van der Waals surface area (Å²) >= 11 is 0. The molecule has 0 saturated heterocycles. The summed E-state index contributed by atoms with van der Waals surface area (Å²) in [4.78, 5) is 30.6. The largest absolute Gasteiger partial charge is 0.469 e. The fourth-order valence-electron chi connectivity index (χ4n) is 2.16. The molecule has 0 aliphatic heterocycles. The molecular formula is C18H21F3N4O3. The molecule has 2 aromatic rings. The number of ether oxygens (including phenoxy) is 1. The Kier molecular flexibility index (Phi) is 6.66. The third-order valence-electron chi connectivity index (χ3n) is 3.70. The van der Waals surface area contributed by atoms with E-state index in [2.05, 4.69) is 25.3 Å². The molecule has 7 nitrogen and oxygen atoms in total. The number of aromatic nitrogens is 2. The van der Waals surface area contributed by atoms with Gasteiger partial charge in [0.25, 0.3) is 5.91 Å². The highest BCUT2D eigenvalue weighted by molar-refractivity contribution is 5.93. The van der Waals surface area contributed by atoms with Gasteiger partial charge in [0.2, 0.25) is 5.91 Å². The first-order chi connectivity index (χ1) is 13.0. The Hall–Kier alpha value is -3.04. The molecule has 3 N–H and O–H groups in total. The molecular weight excluding hydrogens is 377 g/mol. The van der Waals surface area contributed by atoms with Crippen molar-refractivity contribution in [3.8, 4) is 5.88 Å². The molecule has 0 radical (unpaired) electrons. The van der Waals surface area contributed by atoms with Crippen LogP contribution in [0.5, 0.6) is 5.88 Å². The standard InChI is InChI=1S/C18H21F3N4O3/c1-10(2)16(26)25-14-8-12(6-7-22-14)11(3)23-17(27)13-4-5-15(24-13)28-9-18(19,20)21/h4-8,10-11,24H,9H2,1-3H3,(H,23,27)(H,22,25,26). The van der Waals surface area contributed by atoms with Crippen molar-refractivity contribution in [1.82, 2.24) is 15.3 Å². The summed E-state index contributed by atoms with van der Waals surface area (Å²) in [5.41, 5.74) is 0.758. The molecule has 152 valence electrons. The minimum Gasteiger partial charge on any atom is -0.469 e. The third kappa shape index (κ3) is 6.29. The Bertz CT molecular complexity index is 833. The predicted octanol–water partition coefficient (Wildman–Crippen LogP) is 3.44. The number of hydrogen-bond acceptors (Lipinski definition) is 4. The van der Waals surface area contributed by atoms with E-state index < -0.39 is 24.7 Å². The van der Waals surface area contributed by atoms with Crippen molar-refractivity contribution < 1.29 is 27.5 Å². The topological polar surface area (TPSA) is 96.1 Å². The van der Waals surface area contributed by atoms with Crippen molar-refractivity contribution in [3.63, 3.8) is 0 Å². The maximum Gasteiger partial charge on any atom is 0.422 e. The predicted molar refractivity (Wildman–Crippen MR) is 95.9 cm³/mol. The van der Waals surface area contributed by atoms with Gasteiger partial charge >= 0.3 is 6.18 Å². The van der Waals surface area contributed by atoms with Gasteiger partial charge < -0.3 is 20.4 Å². The van der Waals surface area contributed by atoms with E-state index in [1.165, 1.54) is 18.3 Å². The number of aromatic amines is 1. The highest BCUT2D eigenvalue weighted by Crippen LogP contribution is 2.19. The number of rotatable bonds is 7. The second-order valence-corrected chi connectivity index (χ2v) is 6.45. The second-order valence-electron chi connectivity index (χ2n) is 6.45. The number of nitrogens with one attached hydrogen (secondary N) is 3. The van der Waals surface area contributed by atoms with Crippen LogP contribution in [0.1, 0.15) is 42.9 Å². The minimum absolute atomic E-state index is 0.0615. The fourth-order valence-corrected chi connectivity index (χ4v) is 2.16. The molecule has 0 saturated carbocycles. The highest BCUT2D eigenvalue weighted by Gasteiger charge is 2.28. The number of anilines is 1. The Labute approximate surface area is 159 Å². The molecule has 0 aliphatic rings. The lowest BCUT2D eigenvalue weighted by Gasteiger charge is -2.15. The summed E-state index contributed by atoms with van der Waals surface area (Å²) in [6, 6.07) is 5.46. The van der Waals surface area contributed by atoms with Crippen LogP contribution in [0.15, 0.2) is 30.5 Å². The number of amides is 2. The zero-order chi connectivity index (χ0) is 20.9. The van der Waals surface area contributed by atoms with Crippen LogP contribution >= 0.6 is 0 Å². The number of pyridine rings is 1. The first-order valence-corrected chi connectivity index (χ1v) is 8.51. The lowest BCUT2D eigenvalue weighted by atomic mass is 10.1. The van der Waals surface area contributed by atoms with E-state index in [1.807, 2.05) is 0 Å². The van der Waals surface area contributed by atoms with Crippen LogP contribution in [-0.2, 0) is 4.79 Å². The number of alkyl halides is 3. The molecule has 10 heteroatoms. The van der Waals surface area contributed by atoms with E-state index in [-0.39, 0.29) is 23.4 Å². The minimum atomic E-state index is -4.47. The molecule has 2 rings (SSSR count). The van der Waals surface area contributed by atoms with Crippen molar-refractivity contribution in [1.29, 1.82) is 0 Å². The first kappa shape index (κ1) is 21.3. The Morgan fingerprint density at radius 3 is 2.57 bits per heavy atom. The summed E-state index contributed by atoms with van der Waals surface area (Å²) < 4.78 is 41.1. The van der Waals surface area contributed by atoms with Crippen LogP contribution < -0.4 is 15.4 Å². The molecule has 0 aromatic carbocycles. The van der Waals surface area contributed by atoms with Crippen LogP contribution in [0, 0.1) is 5.92 Å². The number of nitrogens with zero attached hydrogens (tertiary/aromatic N) is 1. The van der Waals surface area contributed by atoms with Gasteiger partial charge in [0.05, 0.1) is 6.04 Å². The summed E-state index contributed by atoms with van der Waals surface area (Å²) in [6.07, 6.45) is -2.96. The van der Waals surface area contributed by atoms with Crippen LogP contribution in [-0.4, -0.2) is 34.6 Å². The van der Waals surface area contributed by atoms with Gasteiger partial charge in [0, 0.05) is 18.2 Å². The van der Waals surface area contributed by atoms with Crippen molar-refractivity contribution in [3.05, 3.63) is 41.7 Å². The lowest BCUT2D eigenvalue weighted by Crippen LogP contribution is -2.27. The van der Waals surface area contributed by atoms with Crippen LogP contribution in [0.25, 0.3) is 0 Å². The normalized spacial score (nSPS) is 12.5. The van der Waals surface area contributed by atoms with E-state index in [4.69, 9.17) is 0 Å². The van der Waals surface area contributed by atoms with E-state index in [0.717, 1.165) is 0 Å². The number of halogens is 3. The fraction of sp³-hybridized carbons (Fsp3) is 0.389. The van der Waals surface area contributed by atoms with Crippen molar-refractivity contribution in [2.45, 2.75) is 33.0 Å². The molecule has 0 bridgehead atoms. The SMILES string of the molecule is CC(C)C(=O)Nc1cc(C(C)NC(=O)c2ccc(OCC(F)(F)F)[nH]2)ccn1. The number of hydrogen-bond donors (Lipinski definition) is 3. The van der Waals surface area contributed by atoms with Gasteiger partial charge in [0.15, 0.2) is 12.5 Å². The Morgan fingerprint density at radius 2 is 1.93 bits per heavy atom. The summed E-state index contributed by atoms with van der Waals surface area (Å²) in [7, 11) is 0. The number of H-pyrrole nitrogens is 1. The lowest BCUT2D eigenvalue weighted by molar-refractivity contribution is -0.154. The van der Waals surface area contributed by atoms with E-state index in [9.17, 15) is 22.8 Å². The van der Waals surface area contributed by atoms with E-state index >= 15 is 0 Å². The van der Waals surface area contributed by atoms with Crippen LogP contribution in [0.2, 0.25) is 0 Å². The van der Waals surface area contributed by atoms with E-state index in [0.29, 0.717) is 11.4 Å². The molecule has 1 atom stereocenters. The van der Waals surface area contributed by atoms with Gasteiger partial charge in [-0.05, 0) is 30.7 Å². The smallest absolute Gasteiger partial charge is 0.422 e. The number of carbonyl (C=O) groups is 2. The zero-order valence-corrected chi connectivity index (χ0v) is 15.6. The molecule has 0 fully saturated rings. The van der Waals surface area contributed by atoms with Crippen molar-refractivity contribution in [2.24, 2.45) is 5.92 Å². The van der Waals surface area contributed by atoms with Gasteiger partial charge in [-0.2, -0.15) is 13.2 Å². The van der Waals surface area contributed by atoms with E-state index in [1.54, 1.807) is 32.9 Å². The highest BCUT2D eigenvalue weighted by atomic mass is 19.4. The Balaban J connectivity index is 1.99. The quantitative estimate of drug-likeness (QED) is 0.666. The van der Waals surface area contributed by atoms with Gasteiger partial charge in [-0.25, -0.2) is 4.98 Å². The van der Waals surface area contributed by atoms with Gasteiger partial charge in [0.1, 0.15) is 11.5 Å². The average molecular weight is 398 g/mol. The molecule has 2 amide bonds. The molecule has 0 aliphatic carbocycles. The summed E-state index contributed by atoms with van der Waals surface area (Å²) in [6.45, 7) is 3.79. The molecule has 28 heavy (non-hydrogen) atoms. The van der Waals surface area contributed by atoms with Gasteiger partial charge in [-0.1, -0.05) is 13.8 Å². The van der Waals surface area contributed by atoms with Crippen molar-refractivity contribution in [2.75, 3.05) is 11.9 Å². The zero-order valence-electron chi connectivity index (χ0n) is 15.6. The van der Waals surface area contributed by atoms with Gasteiger partial charge in [-0.15, -0.1) is 0 Å². The third-order valence-corrected chi connectivity index (χ3v) is 3.70. The molecule has 2 aromatic heterocycles. The monoisotopic (exact) mass is 398 g/mol. The maximum atomic E-state index is 12.3. The van der Waals surface area contributed by atoms with Crippen molar-refractivity contribution >= 4 is 17.6 Å². The van der Waals surface area contributed by atoms with Gasteiger partial charge in [-0.3, -0.25) is 9.59 Å². The summed E-state index contributed by atoms with van der Waals surface area (Å²) in [5, 5.41) is 5.39. The average Bonchev–Trinajstić information content (AvgIpc) is 3.08.